The van der Waals surface area contributed by atoms with E-state index in [2.05, 4.69) is 51.8 Å². The standard InChI is InChI=1S/C27H39N5O3/c1-16(2)12-30-15-28-25-24(30)26(34)32(27(35)31(25)13-17(3)4)14-22(33)29-23-20(18(5)6)10-9-11-21(23)19(7)8/h9-11,15-19H,12-14H2,1-8H3,(H,29,33). The normalized spacial score (nSPS) is 12.0. The number of benzene rings is 1. The average Bonchev–Trinajstić information content (AvgIpc) is 3.16. The largest absolute Gasteiger partial charge is 0.333 e. The lowest BCUT2D eigenvalue weighted by molar-refractivity contribution is -0.116. The van der Waals surface area contributed by atoms with E-state index in [1.165, 1.54) is 4.57 Å². The van der Waals surface area contributed by atoms with E-state index < -0.39 is 17.2 Å². The molecule has 0 bridgehead atoms. The van der Waals surface area contributed by atoms with Gasteiger partial charge < -0.3 is 9.88 Å². The number of anilines is 1. The Balaban J connectivity index is 2.10. The lowest BCUT2D eigenvalue weighted by Crippen LogP contribution is -2.43. The molecule has 0 atom stereocenters. The van der Waals surface area contributed by atoms with Crippen molar-refractivity contribution in [3.8, 4) is 0 Å². The van der Waals surface area contributed by atoms with Gasteiger partial charge in [-0.3, -0.25) is 14.2 Å². The fourth-order valence-corrected chi connectivity index (χ4v) is 4.46. The van der Waals surface area contributed by atoms with E-state index >= 15 is 0 Å². The Morgan fingerprint density at radius 2 is 1.46 bits per heavy atom. The molecule has 2 heterocycles. The van der Waals surface area contributed by atoms with Crippen LogP contribution in [0.5, 0.6) is 0 Å². The molecule has 0 unspecified atom stereocenters. The molecule has 2 aromatic heterocycles. The van der Waals surface area contributed by atoms with E-state index in [9.17, 15) is 14.4 Å². The van der Waals surface area contributed by atoms with Gasteiger partial charge in [0.2, 0.25) is 5.91 Å². The summed E-state index contributed by atoms with van der Waals surface area (Å²) < 4.78 is 4.36. The fourth-order valence-electron chi connectivity index (χ4n) is 4.46. The highest BCUT2D eigenvalue weighted by molar-refractivity contribution is 5.92. The second kappa shape index (κ2) is 10.6. The maximum Gasteiger partial charge on any atom is 0.333 e. The van der Waals surface area contributed by atoms with Crippen LogP contribution in [0.4, 0.5) is 5.69 Å². The highest BCUT2D eigenvalue weighted by atomic mass is 16.2. The summed E-state index contributed by atoms with van der Waals surface area (Å²) in [6.45, 7) is 17.1. The number of imidazole rings is 1. The third-order valence-electron chi connectivity index (χ3n) is 6.03. The van der Waals surface area contributed by atoms with Crippen molar-refractivity contribution in [2.75, 3.05) is 5.32 Å². The van der Waals surface area contributed by atoms with Crippen molar-refractivity contribution in [1.29, 1.82) is 0 Å². The topological polar surface area (TPSA) is 90.9 Å². The molecule has 35 heavy (non-hydrogen) atoms. The molecule has 0 aliphatic carbocycles. The molecule has 0 saturated heterocycles. The van der Waals surface area contributed by atoms with Crippen LogP contribution < -0.4 is 16.6 Å². The molecule has 0 aliphatic rings. The molecular weight excluding hydrogens is 442 g/mol. The van der Waals surface area contributed by atoms with Gasteiger partial charge in [-0.25, -0.2) is 14.3 Å². The van der Waals surface area contributed by atoms with Crippen LogP contribution in [0.2, 0.25) is 0 Å². The molecule has 0 radical (unpaired) electrons. The number of hydrogen-bond donors (Lipinski definition) is 1. The predicted octanol–water partition coefficient (Wildman–Crippen LogP) is 4.56. The van der Waals surface area contributed by atoms with Gasteiger partial charge in [0.15, 0.2) is 11.2 Å². The quantitative estimate of drug-likeness (QED) is 0.485. The maximum absolute atomic E-state index is 13.5. The molecule has 3 rings (SSSR count). The number of amides is 1. The molecule has 1 aromatic carbocycles. The lowest BCUT2D eigenvalue weighted by atomic mass is 9.92. The number of hydrogen-bond acceptors (Lipinski definition) is 4. The first-order chi connectivity index (χ1) is 16.4. The van der Waals surface area contributed by atoms with E-state index in [1.807, 2.05) is 32.0 Å². The van der Waals surface area contributed by atoms with Crippen molar-refractivity contribution in [2.45, 2.75) is 86.9 Å². The second-order valence-electron chi connectivity index (χ2n) is 10.8. The number of fused-ring (bicyclic) bond motifs is 1. The van der Waals surface area contributed by atoms with Crippen LogP contribution >= 0.6 is 0 Å². The van der Waals surface area contributed by atoms with Crippen LogP contribution in [0.25, 0.3) is 11.2 Å². The van der Waals surface area contributed by atoms with Crippen molar-refractivity contribution in [3.63, 3.8) is 0 Å². The Bertz CT molecular complexity index is 1300. The monoisotopic (exact) mass is 481 g/mol. The minimum absolute atomic E-state index is 0.164. The molecule has 1 amide bonds. The van der Waals surface area contributed by atoms with Gasteiger partial charge in [0, 0.05) is 18.8 Å². The zero-order valence-electron chi connectivity index (χ0n) is 22.3. The van der Waals surface area contributed by atoms with Gasteiger partial charge in [0.05, 0.1) is 6.33 Å². The Kier molecular flexibility index (Phi) is 8.03. The number of nitrogens with one attached hydrogen (secondary N) is 1. The summed E-state index contributed by atoms with van der Waals surface area (Å²) >= 11 is 0. The molecule has 3 aromatic rings. The van der Waals surface area contributed by atoms with E-state index in [0.717, 1.165) is 21.4 Å². The minimum atomic E-state index is -0.512. The highest BCUT2D eigenvalue weighted by Crippen LogP contribution is 2.32. The van der Waals surface area contributed by atoms with Crippen LogP contribution in [-0.4, -0.2) is 24.6 Å². The smallest absolute Gasteiger partial charge is 0.324 e. The SMILES string of the molecule is CC(C)Cn1cnc2c1c(=O)n(CC(=O)Nc1c(C(C)C)cccc1C(C)C)c(=O)n2CC(C)C. The second-order valence-corrected chi connectivity index (χ2v) is 10.8. The fraction of sp³-hybridized carbons (Fsp3) is 0.556. The predicted molar refractivity (Wildman–Crippen MR) is 141 cm³/mol. The number of rotatable bonds is 9. The number of para-hydroxylation sites is 1. The average molecular weight is 482 g/mol. The molecule has 8 heteroatoms. The first kappa shape index (κ1) is 26.4. The molecule has 190 valence electrons. The highest BCUT2D eigenvalue weighted by Gasteiger charge is 2.22. The van der Waals surface area contributed by atoms with Gasteiger partial charge in [-0.2, -0.15) is 0 Å². The van der Waals surface area contributed by atoms with Gasteiger partial charge in [0.25, 0.3) is 5.56 Å². The first-order valence-electron chi connectivity index (χ1n) is 12.5. The van der Waals surface area contributed by atoms with Crippen LogP contribution in [0.3, 0.4) is 0 Å². The van der Waals surface area contributed by atoms with Crippen molar-refractivity contribution < 1.29 is 4.79 Å². The Morgan fingerprint density at radius 3 is 1.97 bits per heavy atom. The van der Waals surface area contributed by atoms with Gasteiger partial charge in [-0.15, -0.1) is 0 Å². The summed E-state index contributed by atoms with van der Waals surface area (Å²) in [5.74, 6) is 0.464. The van der Waals surface area contributed by atoms with Crippen molar-refractivity contribution in [2.24, 2.45) is 11.8 Å². The summed E-state index contributed by atoms with van der Waals surface area (Å²) in [5, 5.41) is 3.02. The number of nitrogens with zero attached hydrogens (tertiary/aromatic N) is 4. The molecule has 8 nitrogen and oxygen atoms in total. The molecule has 0 fully saturated rings. The summed E-state index contributed by atoms with van der Waals surface area (Å²) in [6.07, 6.45) is 1.61. The van der Waals surface area contributed by atoms with E-state index in [0.29, 0.717) is 24.3 Å². The van der Waals surface area contributed by atoms with Crippen molar-refractivity contribution in [1.82, 2.24) is 18.7 Å². The molecule has 0 spiro atoms. The Labute approximate surface area is 207 Å². The Hall–Kier alpha value is -3.16. The van der Waals surface area contributed by atoms with Crippen molar-refractivity contribution >= 4 is 22.8 Å². The number of aromatic nitrogens is 4. The summed E-state index contributed by atoms with van der Waals surface area (Å²) in [5.41, 5.74) is 2.56. The van der Waals surface area contributed by atoms with Crippen LogP contribution in [0, 0.1) is 11.8 Å². The zero-order chi connectivity index (χ0) is 26.0. The zero-order valence-corrected chi connectivity index (χ0v) is 22.3. The molecule has 1 N–H and O–H groups in total. The van der Waals surface area contributed by atoms with Gasteiger partial charge in [0.1, 0.15) is 6.54 Å². The Morgan fingerprint density at radius 1 is 0.886 bits per heavy atom. The van der Waals surface area contributed by atoms with E-state index in [4.69, 9.17) is 0 Å². The van der Waals surface area contributed by atoms with Crippen LogP contribution in [0.15, 0.2) is 34.1 Å². The molecule has 0 aliphatic heterocycles. The van der Waals surface area contributed by atoms with Gasteiger partial charge >= 0.3 is 5.69 Å². The first-order valence-corrected chi connectivity index (χ1v) is 12.5. The maximum atomic E-state index is 13.5. The van der Waals surface area contributed by atoms with E-state index in [1.54, 1.807) is 10.9 Å². The van der Waals surface area contributed by atoms with Gasteiger partial charge in [-0.05, 0) is 34.8 Å². The van der Waals surface area contributed by atoms with E-state index in [-0.39, 0.29) is 30.2 Å². The summed E-state index contributed by atoms with van der Waals surface area (Å²) in [6, 6.07) is 6.01. The van der Waals surface area contributed by atoms with Crippen LogP contribution in [-0.2, 0) is 24.4 Å². The van der Waals surface area contributed by atoms with Crippen LogP contribution in [0.1, 0.15) is 78.4 Å². The summed E-state index contributed by atoms with van der Waals surface area (Å²) in [4.78, 5) is 44.6. The molecular formula is C27H39N5O3. The number of carbonyl (C=O) groups excluding carboxylic acids is 1. The minimum Gasteiger partial charge on any atom is -0.324 e. The van der Waals surface area contributed by atoms with Gasteiger partial charge in [-0.1, -0.05) is 73.6 Å². The molecule has 0 saturated carbocycles. The summed E-state index contributed by atoms with van der Waals surface area (Å²) in [7, 11) is 0. The van der Waals surface area contributed by atoms with Crippen molar-refractivity contribution in [3.05, 3.63) is 56.5 Å². The lowest BCUT2D eigenvalue weighted by Gasteiger charge is -2.20. The third kappa shape index (κ3) is 5.57. The third-order valence-corrected chi connectivity index (χ3v) is 6.03. The number of carbonyl (C=O) groups is 1.